The molecule has 8 heteroatoms. The standard InChI is InChI=1S/C19H24F3NO3Si/c1-19(2,3)27(5,6)9-7-8-15(18(25)26-4)23-17(24)16-13(21)10-12(20)11-14(16)22/h10-11,15H,8H2,1-6H3,(H,23,24)/t15-/m0/s1. The largest absolute Gasteiger partial charge is 0.467 e. The molecule has 0 aliphatic heterocycles. The van der Waals surface area contributed by atoms with Crippen molar-refractivity contribution in [3.05, 3.63) is 35.1 Å². The Morgan fingerprint density at radius 3 is 2.15 bits per heavy atom. The molecule has 0 heterocycles. The van der Waals surface area contributed by atoms with Gasteiger partial charge in [0, 0.05) is 18.6 Å². The Kier molecular flexibility index (Phi) is 7.26. The number of halogens is 3. The molecule has 0 aromatic heterocycles. The number of ether oxygens (including phenoxy) is 1. The second kappa shape index (κ2) is 8.61. The van der Waals surface area contributed by atoms with Crippen LogP contribution in [-0.2, 0) is 9.53 Å². The lowest BCUT2D eigenvalue weighted by molar-refractivity contribution is -0.142. The molecule has 0 unspecified atom stereocenters. The van der Waals surface area contributed by atoms with Gasteiger partial charge < -0.3 is 10.1 Å². The van der Waals surface area contributed by atoms with Gasteiger partial charge in [-0.2, -0.15) is 0 Å². The van der Waals surface area contributed by atoms with Crippen LogP contribution in [0.5, 0.6) is 0 Å². The Morgan fingerprint density at radius 2 is 1.70 bits per heavy atom. The number of benzene rings is 1. The monoisotopic (exact) mass is 399 g/mol. The summed E-state index contributed by atoms with van der Waals surface area (Å²) in [5.41, 5.74) is 2.21. The van der Waals surface area contributed by atoms with Crippen LogP contribution in [-0.4, -0.2) is 33.1 Å². The minimum absolute atomic E-state index is 0.00434. The van der Waals surface area contributed by atoms with Crippen molar-refractivity contribution < 1.29 is 27.5 Å². The molecule has 4 nitrogen and oxygen atoms in total. The molecule has 1 aromatic carbocycles. The molecule has 0 aliphatic rings. The van der Waals surface area contributed by atoms with Crippen LogP contribution in [0.4, 0.5) is 13.2 Å². The van der Waals surface area contributed by atoms with E-state index in [1.807, 2.05) is 0 Å². The average Bonchev–Trinajstić information content (AvgIpc) is 2.50. The number of hydrogen-bond acceptors (Lipinski definition) is 3. The van der Waals surface area contributed by atoms with Gasteiger partial charge >= 0.3 is 5.97 Å². The van der Waals surface area contributed by atoms with Crippen molar-refractivity contribution in [2.24, 2.45) is 0 Å². The van der Waals surface area contributed by atoms with Crippen molar-refractivity contribution in [2.75, 3.05) is 7.11 Å². The maximum atomic E-state index is 13.8. The smallest absolute Gasteiger partial charge is 0.329 e. The van der Waals surface area contributed by atoms with E-state index >= 15 is 0 Å². The van der Waals surface area contributed by atoms with Crippen LogP contribution in [0, 0.1) is 28.9 Å². The van der Waals surface area contributed by atoms with Crippen LogP contribution < -0.4 is 5.32 Å². The third-order valence-corrected chi connectivity index (χ3v) is 9.16. The fourth-order valence-corrected chi connectivity index (χ4v) is 2.81. The minimum atomic E-state index is -1.93. The highest BCUT2D eigenvalue weighted by Gasteiger charge is 2.34. The van der Waals surface area contributed by atoms with E-state index in [2.05, 4.69) is 55.4 Å². The summed E-state index contributed by atoms with van der Waals surface area (Å²) in [5.74, 6) is -2.96. The van der Waals surface area contributed by atoms with Gasteiger partial charge in [0.25, 0.3) is 5.91 Å². The number of esters is 1. The van der Waals surface area contributed by atoms with Crippen molar-refractivity contribution >= 4 is 20.0 Å². The Morgan fingerprint density at radius 1 is 1.19 bits per heavy atom. The van der Waals surface area contributed by atoms with E-state index in [9.17, 15) is 22.8 Å². The molecule has 1 amide bonds. The zero-order chi connectivity index (χ0) is 21.0. The molecule has 148 valence electrons. The summed E-state index contributed by atoms with van der Waals surface area (Å²) in [6.07, 6.45) is -0.0741. The second-order valence-corrected chi connectivity index (χ2v) is 12.7. The molecule has 0 aliphatic carbocycles. The first kappa shape index (κ1) is 22.8. The number of carbonyl (C=O) groups excluding carboxylic acids is 2. The summed E-state index contributed by atoms with van der Waals surface area (Å²) in [6, 6.07) is -0.422. The maximum Gasteiger partial charge on any atom is 0.329 e. The SMILES string of the molecule is COC(=O)[C@H](CC#C[Si](C)(C)C(C)(C)C)NC(=O)c1c(F)cc(F)cc1F. The van der Waals surface area contributed by atoms with E-state index in [-0.39, 0.29) is 11.5 Å². The molecule has 1 atom stereocenters. The second-order valence-electron chi connectivity index (χ2n) is 7.67. The van der Waals surface area contributed by atoms with Gasteiger partial charge in [0.2, 0.25) is 0 Å². The highest BCUT2D eigenvalue weighted by atomic mass is 28.3. The molecule has 0 saturated heterocycles. The van der Waals surface area contributed by atoms with E-state index in [4.69, 9.17) is 0 Å². The van der Waals surface area contributed by atoms with Crippen LogP contribution in [0.15, 0.2) is 12.1 Å². The average molecular weight is 399 g/mol. The van der Waals surface area contributed by atoms with E-state index in [0.717, 1.165) is 7.11 Å². The van der Waals surface area contributed by atoms with Gasteiger partial charge in [0.15, 0.2) is 0 Å². The summed E-state index contributed by atoms with van der Waals surface area (Å²) < 4.78 is 45.1. The summed E-state index contributed by atoms with van der Waals surface area (Å²) in [4.78, 5) is 24.1. The normalized spacial score (nSPS) is 12.6. The van der Waals surface area contributed by atoms with E-state index in [0.29, 0.717) is 12.1 Å². The molecule has 1 N–H and O–H groups in total. The van der Waals surface area contributed by atoms with Gasteiger partial charge in [-0.05, 0) is 5.04 Å². The van der Waals surface area contributed by atoms with Crippen LogP contribution in [0.25, 0.3) is 0 Å². The first-order chi connectivity index (χ1) is 12.3. The molecule has 1 rings (SSSR count). The summed E-state index contributed by atoms with van der Waals surface area (Å²) in [7, 11) is -0.806. The molecule has 0 bridgehead atoms. The number of methoxy groups -OCH3 is 1. The van der Waals surface area contributed by atoms with Gasteiger partial charge in [-0.3, -0.25) is 4.79 Å². The lowest BCUT2D eigenvalue weighted by atomic mass is 10.1. The maximum absolute atomic E-state index is 13.8. The van der Waals surface area contributed by atoms with Crippen molar-refractivity contribution in [3.8, 4) is 11.5 Å². The fourth-order valence-electron chi connectivity index (χ4n) is 1.89. The molecule has 0 spiro atoms. The Balaban J connectivity index is 3.05. The Labute approximate surface area is 158 Å². The summed E-state index contributed by atoms with van der Waals surface area (Å²) in [6.45, 7) is 10.4. The molecule has 1 aromatic rings. The Hall–Kier alpha value is -2.27. The summed E-state index contributed by atoms with van der Waals surface area (Å²) >= 11 is 0. The number of nitrogens with one attached hydrogen (secondary N) is 1. The number of carbonyl (C=O) groups is 2. The zero-order valence-electron chi connectivity index (χ0n) is 16.3. The number of rotatable bonds is 4. The first-order valence-electron chi connectivity index (χ1n) is 8.33. The van der Waals surface area contributed by atoms with Crippen molar-refractivity contribution in [2.45, 2.75) is 51.4 Å². The van der Waals surface area contributed by atoms with Gasteiger partial charge in [0.1, 0.15) is 37.1 Å². The van der Waals surface area contributed by atoms with Gasteiger partial charge in [0.05, 0.1) is 7.11 Å². The zero-order valence-corrected chi connectivity index (χ0v) is 17.3. The summed E-state index contributed by atoms with van der Waals surface area (Å²) in [5, 5.41) is 2.21. The van der Waals surface area contributed by atoms with Crippen molar-refractivity contribution in [1.82, 2.24) is 5.32 Å². The first-order valence-corrected chi connectivity index (χ1v) is 11.3. The third-order valence-electron chi connectivity index (χ3n) is 4.61. The minimum Gasteiger partial charge on any atom is -0.467 e. The van der Waals surface area contributed by atoms with Crippen molar-refractivity contribution in [1.29, 1.82) is 0 Å². The predicted octanol–water partition coefficient (Wildman–Crippen LogP) is 3.82. The Bertz CT molecular complexity index is 769. The van der Waals surface area contributed by atoms with Gasteiger partial charge in [-0.15, -0.1) is 11.5 Å². The molecular formula is C19H24F3NO3Si. The third kappa shape index (κ3) is 5.86. The van der Waals surface area contributed by atoms with Gasteiger partial charge in [-0.25, -0.2) is 18.0 Å². The van der Waals surface area contributed by atoms with Crippen LogP contribution in [0.1, 0.15) is 37.6 Å². The highest BCUT2D eigenvalue weighted by molar-refractivity contribution is 6.87. The highest BCUT2D eigenvalue weighted by Crippen LogP contribution is 2.35. The van der Waals surface area contributed by atoms with E-state index in [1.54, 1.807) is 0 Å². The fraction of sp³-hybridized carbons (Fsp3) is 0.474. The van der Waals surface area contributed by atoms with E-state index in [1.165, 1.54) is 0 Å². The van der Waals surface area contributed by atoms with Crippen LogP contribution in [0.3, 0.4) is 0 Å². The molecule has 0 fully saturated rings. The quantitative estimate of drug-likeness (QED) is 0.476. The van der Waals surface area contributed by atoms with E-state index < -0.39 is 49.0 Å². The topological polar surface area (TPSA) is 55.4 Å². The molecular weight excluding hydrogens is 375 g/mol. The predicted molar refractivity (Wildman–Crippen MR) is 99.2 cm³/mol. The molecule has 27 heavy (non-hydrogen) atoms. The lowest BCUT2D eigenvalue weighted by Gasteiger charge is -2.31. The number of amides is 1. The number of hydrogen-bond donors (Lipinski definition) is 1. The van der Waals surface area contributed by atoms with Crippen LogP contribution in [0.2, 0.25) is 18.1 Å². The van der Waals surface area contributed by atoms with Crippen molar-refractivity contribution in [3.63, 3.8) is 0 Å². The van der Waals surface area contributed by atoms with Crippen LogP contribution >= 0.6 is 0 Å². The molecule has 0 saturated carbocycles. The van der Waals surface area contributed by atoms with Gasteiger partial charge in [-0.1, -0.05) is 33.9 Å². The lowest BCUT2D eigenvalue weighted by Crippen LogP contribution is -2.42. The molecule has 0 radical (unpaired) electrons.